The predicted molar refractivity (Wildman–Crippen MR) is 81.2 cm³/mol. The highest BCUT2D eigenvalue weighted by Crippen LogP contribution is 2.30. The number of nitrogens with one attached hydrogen (secondary N) is 1. The molecule has 3 aromatic rings. The van der Waals surface area contributed by atoms with Crippen LogP contribution in [-0.4, -0.2) is 29.1 Å². The Bertz CT molecular complexity index is 755. The van der Waals surface area contributed by atoms with Crippen LogP contribution in [0, 0.1) is 0 Å². The second kappa shape index (κ2) is 5.85. The van der Waals surface area contributed by atoms with Gasteiger partial charge in [0.05, 0.1) is 18.7 Å². The van der Waals surface area contributed by atoms with Crippen LogP contribution < -0.4 is 10.1 Å². The van der Waals surface area contributed by atoms with E-state index in [2.05, 4.69) is 32.4 Å². The maximum absolute atomic E-state index is 5.33. The minimum atomic E-state index is -0.110. The standard InChI is InChI=1S/C16H16N4O/c1-17-14(15-16(21-2)20-10-9-19-15)12-5-3-7-13-11(12)6-4-8-18-13/h3-10,14,17H,1-2H3. The van der Waals surface area contributed by atoms with Crippen molar-refractivity contribution in [1.82, 2.24) is 20.3 Å². The van der Waals surface area contributed by atoms with Crippen molar-refractivity contribution >= 4 is 10.9 Å². The summed E-state index contributed by atoms with van der Waals surface area (Å²) >= 11 is 0. The summed E-state index contributed by atoms with van der Waals surface area (Å²) in [6.45, 7) is 0. The first kappa shape index (κ1) is 13.5. The molecule has 106 valence electrons. The van der Waals surface area contributed by atoms with E-state index in [0.717, 1.165) is 22.2 Å². The average molecular weight is 280 g/mol. The Morgan fingerprint density at radius 1 is 1.00 bits per heavy atom. The molecule has 0 saturated heterocycles. The quantitative estimate of drug-likeness (QED) is 0.795. The Hall–Kier alpha value is -2.53. The average Bonchev–Trinajstić information content (AvgIpc) is 2.56. The van der Waals surface area contributed by atoms with Gasteiger partial charge in [0, 0.05) is 24.0 Å². The molecule has 1 N–H and O–H groups in total. The molecule has 3 rings (SSSR count). The van der Waals surface area contributed by atoms with Crippen LogP contribution in [0.1, 0.15) is 17.3 Å². The molecule has 0 bridgehead atoms. The fourth-order valence-corrected chi connectivity index (χ4v) is 2.51. The summed E-state index contributed by atoms with van der Waals surface area (Å²) in [5, 5.41) is 4.38. The highest BCUT2D eigenvalue weighted by Gasteiger charge is 2.20. The Balaban J connectivity index is 2.19. The molecule has 5 heteroatoms. The summed E-state index contributed by atoms with van der Waals surface area (Å²) in [6, 6.07) is 9.95. The number of methoxy groups -OCH3 is 1. The number of hydrogen-bond acceptors (Lipinski definition) is 5. The molecule has 1 aromatic carbocycles. The molecule has 1 atom stereocenters. The van der Waals surface area contributed by atoms with Gasteiger partial charge in [0.25, 0.3) is 0 Å². The predicted octanol–water partition coefficient (Wildman–Crippen LogP) is 2.34. The van der Waals surface area contributed by atoms with Crippen LogP contribution in [0.25, 0.3) is 10.9 Å². The van der Waals surface area contributed by atoms with Gasteiger partial charge in [0.15, 0.2) is 0 Å². The van der Waals surface area contributed by atoms with Crippen molar-refractivity contribution < 1.29 is 4.74 Å². The van der Waals surface area contributed by atoms with Crippen LogP contribution in [0.3, 0.4) is 0 Å². The van der Waals surface area contributed by atoms with Gasteiger partial charge in [-0.05, 0) is 24.7 Å². The van der Waals surface area contributed by atoms with Gasteiger partial charge in [-0.2, -0.15) is 0 Å². The lowest BCUT2D eigenvalue weighted by Crippen LogP contribution is -2.20. The fraction of sp³-hybridized carbons (Fsp3) is 0.188. The van der Waals surface area contributed by atoms with E-state index in [1.165, 1.54) is 0 Å². The Labute approximate surface area is 123 Å². The van der Waals surface area contributed by atoms with Gasteiger partial charge < -0.3 is 10.1 Å². The molecule has 1 unspecified atom stereocenters. The van der Waals surface area contributed by atoms with E-state index in [9.17, 15) is 0 Å². The van der Waals surface area contributed by atoms with E-state index in [0.29, 0.717) is 5.88 Å². The number of hydrogen-bond donors (Lipinski definition) is 1. The first-order valence-corrected chi connectivity index (χ1v) is 6.71. The molecule has 0 aliphatic heterocycles. The van der Waals surface area contributed by atoms with E-state index in [-0.39, 0.29) is 6.04 Å². The van der Waals surface area contributed by atoms with Crippen LogP contribution in [0.15, 0.2) is 48.9 Å². The van der Waals surface area contributed by atoms with Crippen LogP contribution in [0.2, 0.25) is 0 Å². The zero-order chi connectivity index (χ0) is 14.7. The summed E-state index contributed by atoms with van der Waals surface area (Å²) in [6.07, 6.45) is 5.09. The molecule has 21 heavy (non-hydrogen) atoms. The molecular weight excluding hydrogens is 264 g/mol. The molecule has 2 heterocycles. The van der Waals surface area contributed by atoms with E-state index in [1.54, 1.807) is 25.7 Å². The van der Waals surface area contributed by atoms with Crippen LogP contribution in [-0.2, 0) is 0 Å². The Morgan fingerprint density at radius 3 is 2.67 bits per heavy atom. The van der Waals surface area contributed by atoms with Crippen molar-refractivity contribution in [2.45, 2.75) is 6.04 Å². The van der Waals surface area contributed by atoms with E-state index in [1.807, 2.05) is 25.2 Å². The molecule has 0 radical (unpaired) electrons. The van der Waals surface area contributed by atoms with Crippen molar-refractivity contribution in [3.05, 3.63) is 60.2 Å². The zero-order valence-corrected chi connectivity index (χ0v) is 11.9. The lowest BCUT2D eigenvalue weighted by Gasteiger charge is -2.19. The van der Waals surface area contributed by atoms with Gasteiger partial charge in [0.2, 0.25) is 5.88 Å². The number of ether oxygens (including phenoxy) is 1. The van der Waals surface area contributed by atoms with Gasteiger partial charge in [-0.15, -0.1) is 0 Å². The zero-order valence-electron chi connectivity index (χ0n) is 11.9. The number of rotatable bonds is 4. The van der Waals surface area contributed by atoms with Crippen molar-refractivity contribution in [1.29, 1.82) is 0 Å². The van der Waals surface area contributed by atoms with Crippen molar-refractivity contribution in [2.24, 2.45) is 0 Å². The SMILES string of the molecule is CNC(c1nccnc1OC)c1cccc2ncccc12. The third kappa shape index (κ3) is 2.43. The molecule has 0 fully saturated rings. The lowest BCUT2D eigenvalue weighted by atomic mass is 9.99. The van der Waals surface area contributed by atoms with Gasteiger partial charge in [-0.3, -0.25) is 9.97 Å². The number of nitrogens with zero attached hydrogens (tertiary/aromatic N) is 3. The topological polar surface area (TPSA) is 59.9 Å². The number of pyridine rings is 1. The maximum atomic E-state index is 5.33. The summed E-state index contributed by atoms with van der Waals surface area (Å²) in [4.78, 5) is 13.1. The van der Waals surface area contributed by atoms with Gasteiger partial charge in [0.1, 0.15) is 5.69 Å². The summed E-state index contributed by atoms with van der Waals surface area (Å²) < 4.78 is 5.33. The monoisotopic (exact) mass is 280 g/mol. The van der Waals surface area contributed by atoms with Crippen LogP contribution in [0.5, 0.6) is 5.88 Å². The third-order valence-corrected chi connectivity index (χ3v) is 3.44. The van der Waals surface area contributed by atoms with Crippen molar-refractivity contribution in [2.75, 3.05) is 14.2 Å². The third-order valence-electron chi connectivity index (χ3n) is 3.44. The number of fused-ring (bicyclic) bond motifs is 1. The molecule has 0 spiro atoms. The molecule has 0 aliphatic rings. The minimum Gasteiger partial charge on any atom is -0.480 e. The normalized spacial score (nSPS) is 12.3. The van der Waals surface area contributed by atoms with Gasteiger partial charge >= 0.3 is 0 Å². The Kier molecular flexibility index (Phi) is 3.75. The van der Waals surface area contributed by atoms with Crippen molar-refractivity contribution in [3.8, 4) is 5.88 Å². The Morgan fingerprint density at radius 2 is 1.86 bits per heavy atom. The molecule has 0 saturated carbocycles. The molecule has 5 nitrogen and oxygen atoms in total. The second-order valence-electron chi connectivity index (χ2n) is 4.59. The second-order valence-corrected chi connectivity index (χ2v) is 4.59. The van der Waals surface area contributed by atoms with Crippen LogP contribution >= 0.6 is 0 Å². The van der Waals surface area contributed by atoms with E-state index < -0.39 is 0 Å². The molecular formula is C16H16N4O. The fourth-order valence-electron chi connectivity index (χ4n) is 2.51. The molecule has 2 aromatic heterocycles. The lowest BCUT2D eigenvalue weighted by molar-refractivity contribution is 0.384. The first-order chi connectivity index (χ1) is 10.3. The maximum Gasteiger partial charge on any atom is 0.237 e. The van der Waals surface area contributed by atoms with Gasteiger partial charge in [-0.1, -0.05) is 18.2 Å². The largest absolute Gasteiger partial charge is 0.480 e. The number of benzene rings is 1. The van der Waals surface area contributed by atoms with Crippen LogP contribution in [0.4, 0.5) is 0 Å². The van der Waals surface area contributed by atoms with E-state index >= 15 is 0 Å². The molecule has 0 amide bonds. The summed E-state index contributed by atoms with van der Waals surface area (Å²) in [5.74, 6) is 0.526. The minimum absolute atomic E-state index is 0.110. The molecule has 0 aliphatic carbocycles. The first-order valence-electron chi connectivity index (χ1n) is 6.71. The van der Waals surface area contributed by atoms with Gasteiger partial charge in [-0.25, -0.2) is 4.98 Å². The highest BCUT2D eigenvalue weighted by atomic mass is 16.5. The highest BCUT2D eigenvalue weighted by molar-refractivity contribution is 5.83. The summed E-state index contributed by atoms with van der Waals surface area (Å²) in [5.41, 5.74) is 2.82. The number of aromatic nitrogens is 3. The van der Waals surface area contributed by atoms with E-state index in [4.69, 9.17) is 4.74 Å². The summed E-state index contributed by atoms with van der Waals surface area (Å²) in [7, 11) is 3.50. The smallest absolute Gasteiger partial charge is 0.237 e. The van der Waals surface area contributed by atoms with Crippen molar-refractivity contribution in [3.63, 3.8) is 0 Å².